The Morgan fingerprint density at radius 3 is 2.62 bits per heavy atom. The standard InChI is InChI=1S/C15H16BrN3OS/c16-14-5-4-12(21-14)11-18-7-9-19(10-8-18)15(20)13-3-1-2-6-17-13/h1-6H,7-11H2. The quantitative estimate of drug-likeness (QED) is 0.838. The molecule has 2 aromatic rings. The number of thiophene rings is 1. The summed E-state index contributed by atoms with van der Waals surface area (Å²) in [6.07, 6.45) is 1.66. The highest BCUT2D eigenvalue weighted by atomic mass is 79.9. The Balaban J connectivity index is 1.54. The third kappa shape index (κ3) is 3.70. The highest BCUT2D eigenvalue weighted by Gasteiger charge is 2.22. The molecule has 0 aromatic carbocycles. The van der Waals surface area contributed by atoms with Crippen LogP contribution in [-0.4, -0.2) is 46.9 Å². The predicted molar refractivity (Wildman–Crippen MR) is 87.4 cm³/mol. The van der Waals surface area contributed by atoms with Gasteiger partial charge in [-0.3, -0.25) is 14.7 Å². The molecule has 0 spiro atoms. The number of carbonyl (C=O) groups excluding carboxylic acids is 1. The molecule has 21 heavy (non-hydrogen) atoms. The Hall–Kier alpha value is -1.24. The largest absolute Gasteiger partial charge is 0.335 e. The zero-order valence-corrected chi connectivity index (χ0v) is 13.9. The molecule has 1 aliphatic rings. The van der Waals surface area contributed by atoms with E-state index in [1.54, 1.807) is 23.6 Å². The fourth-order valence-electron chi connectivity index (χ4n) is 2.42. The number of aromatic nitrogens is 1. The fourth-order valence-corrected chi connectivity index (χ4v) is 3.94. The summed E-state index contributed by atoms with van der Waals surface area (Å²) >= 11 is 5.26. The molecule has 0 N–H and O–H groups in total. The second kappa shape index (κ2) is 6.68. The lowest BCUT2D eigenvalue weighted by Crippen LogP contribution is -2.48. The Morgan fingerprint density at radius 2 is 2.00 bits per heavy atom. The number of hydrogen-bond acceptors (Lipinski definition) is 4. The number of halogens is 1. The lowest BCUT2D eigenvalue weighted by Gasteiger charge is -2.34. The summed E-state index contributed by atoms with van der Waals surface area (Å²) in [5.74, 6) is 0.0362. The molecular weight excluding hydrogens is 350 g/mol. The van der Waals surface area contributed by atoms with E-state index in [9.17, 15) is 4.79 Å². The first-order valence-corrected chi connectivity index (χ1v) is 8.50. The Bertz CT molecular complexity index is 608. The average molecular weight is 366 g/mol. The SMILES string of the molecule is O=C(c1ccccn1)N1CCN(Cc2ccc(Br)s2)CC1. The summed E-state index contributed by atoms with van der Waals surface area (Å²) in [5.41, 5.74) is 0.535. The molecule has 6 heteroatoms. The number of nitrogens with zero attached hydrogens (tertiary/aromatic N) is 3. The number of amides is 1. The van der Waals surface area contributed by atoms with Gasteiger partial charge in [-0.25, -0.2) is 0 Å². The second-order valence-electron chi connectivity index (χ2n) is 4.99. The first-order valence-electron chi connectivity index (χ1n) is 6.89. The maximum absolute atomic E-state index is 12.3. The van der Waals surface area contributed by atoms with E-state index < -0.39 is 0 Å². The van der Waals surface area contributed by atoms with Crippen molar-refractivity contribution in [3.05, 3.63) is 50.9 Å². The Labute approximate surface area is 136 Å². The molecule has 0 unspecified atom stereocenters. The number of piperazine rings is 1. The third-order valence-corrected chi connectivity index (χ3v) is 5.16. The van der Waals surface area contributed by atoms with E-state index in [0.29, 0.717) is 5.69 Å². The normalized spacial score (nSPS) is 16.1. The molecule has 1 fully saturated rings. The van der Waals surface area contributed by atoms with E-state index in [1.807, 2.05) is 17.0 Å². The molecule has 3 heterocycles. The molecule has 0 saturated carbocycles. The fraction of sp³-hybridized carbons (Fsp3) is 0.333. The van der Waals surface area contributed by atoms with Crippen molar-refractivity contribution >= 4 is 33.2 Å². The molecule has 1 saturated heterocycles. The van der Waals surface area contributed by atoms with E-state index in [-0.39, 0.29) is 5.91 Å². The molecule has 0 aliphatic carbocycles. The van der Waals surface area contributed by atoms with Crippen molar-refractivity contribution in [1.29, 1.82) is 0 Å². The summed E-state index contributed by atoms with van der Waals surface area (Å²) in [6.45, 7) is 4.31. The summed E-state index contributed by atoms with van der Waals surface area (Å²) in [5, 5.41) is 0. The summed E-state index contributed by atoms with van der Waals surface area (Å²) in [4.78, 5) is 22.1. The van der Waals surface area contributed by atoms with Crippen LogP contribution in [0.25, 0.3) is 0 Å². The van der Waals surface area contributed by atoms with Crippen LogP contribution >= 0.6 is 27.3 Å². The van der Waals surface area contributed by atoms with Crippen molar-refractivity contribution < 1.29 is 4.79 Å². The lowest BCUT2D eigenvalue weighted by atomic mass is 10.2. The maximum atomic E-state index is 12.3. The van der Waals surface area contributed by atoms with Crippen LogP contribution in [-0.2, 0) is 6.54 Å². The molecule has 0 atom stereocenters. The molecule has 1 aliphatic heterocycles. The van der Waals surface area contributed by atoms with Crippen LogP contribution in [0.15, 0.2) is 40.3 Å². The first kappa shape index (κ1) is 14.7. The summed E-state index contributed by atoms with van der Waals surface area (Å²) in [6, 6.07) is 9.69. The van der Waals surface area contributed by atoms with Crippen LogP contribution in [0.2, 0.25) is 0 Å². The van der Waals surface area contributed by atoms with Crippen molar-refractivity contribution in [2.24, 2.45) is 0 Å². The summed E-state index contributed by atoms with van der Waals surface area (Å²) in [7, 11) is 0. The molecule has 1 amide bonds. The van der Waals surface area contributed by atoms with Crippen molar-refractivity contribution in [2.45, 2.75) is 6.54 Å². The maximum Gasteiger partial charge on any atom is 0.272 e. The molecule has 4 nitrogen and oxygen atoms in total. The van der Waals surface area contributed by atoms with Crippen molar-refractivity contribution in [3.63, 3.8) is 0 Å². The van der Waals surface area contributed by atoms with Gasteiger partial charge in [0, 0.05) is 43.8 Å². The molecule has 3 rings (SSSR count). The van der Waals surface area contributed by atoms with E-state index in [4.69, 9.17) is 0 Å². The highest BCUT2D eigenvalue weighted by molar-refractivity contribution is 9.11. The van der Waals surface area contributed by atoms with E-state index >= 15 is 0 Å². The van der Waals surface area contributed by atoms with Gasteiger partial charge >= 0.3 is 0 Å². The monoisotopic (exact) mass is 365 g/mol. The van der Waals surface area contributed by atoms with Gasteiger partial charge in [0.2, 0.25) is 0 Å². The van der Waals surface area contributed by atoms with Crippen LogP contribution in [0.3, 0.4) is 0 Å². The lowest BCUT2D eigenvalue weighted by molar-refractivity contribution is 0.0624. The van der Waals surface area contributed by atoms with Crippen LogP contribution in [0.1, 0.15) is 15.4 Å². The average Bonchev–Trinajstić information content (AvgIpc) is 2.93. The third-order valence-electron chi connectivity index (χ3n) is 3.55. The van der Waals surface area contributed by atoms with Crippen LogP contribution in [0.5, 0.6) is 0 Å². The molecule has 110 valence electrons. The van der Waals surface area contributed by atoms with Crippen molar-refractivity contribution in [1.82, 2.24) is 14.8 Å². The Morgan fingerprint density at radius 1 is 1.19 bits per heavy atom. The van der Waals surface area contributed by atoms with Crippen LogP contribution in [0.4, 0.5) is 0 Å². The smallest absolute Gasteiger partial charge is 0.272 e. The van der Waals surface area contributed by atoms with Gasteiger partial charge in [0.05, 0.1) is 3.79 Å². The van der Waals surface area contributed by atoms with Gasteiger partial charge in [0.25, 0.3) is 5.91 Å². The topological polar surface area (TPSA) is 36.4 Å². The number of rotatable bonds is 3. The molecule has 0 bridgehead atoms. The van der Waals surface area contributed by atoms with E-state index in [2.05, 4.69) is 37.9 Å². The van der Waals surface area contributed by atoms with Crippen LogP contribution < -0.4 is 0 Å². The van der Waals surface area contributed by atoms with Gasteiger partial charge in [0.15, 0.2) is 0 Å². The number of carbonyl (C=O) groups is 1. The minimum absolute atomic E-state index is 0.0362. The van der Waals surface area contributed by atoms with Gasteiger partial charge in [0.1, 0.15) is 5.69 Å². The van der Waals surface area contributed by atoms with E-state index in [1.165, 1.54) is 8.66 Å². The van der Waals surface area contributed by atoms with Gasteiger partial charge in [-0.15, -0.1) is 11.3 Å². The predicted octanol–water partition coefficient (Wildman–Crippen LogP) is 2.86. The zero-order chi connectivity index (χ0) is 14.7. The Kier molecular flexibility index (Phi) is 4.67. The number of hydrogen-bond donors (Lipinski definition) is 0. The minimum Gasteiger partial charge on any atom is -0.335 e. The number of pyridine rings is 1. The van der Waals surface area contributed by atoms with E-state index in [0.717, 1.165) is 32.7 Å². The molecule has 2 aromatic heterocycles. The van der Waals surface area contributed by atoms with Gasteiger partial charge in [-0.1, -0.05) is 6.07 Å². The van der Waals surface area contributed by atoms with Gasteiger partial charge in [-0.2, -0.15) is 0 Å². The van der Waals surface area contributed by atoms with Crippen LogP contribution in [0, 0.1) is 0 Å². The zero-order valence-electron chi connectivity index (χ0n) is 11.5. The highest BCUT2D eigenvalue weighted by Crippen LogP contribution is 2.23. The van der Waals surface area contributed by atoms with Gasteiger partial charge in [-0.05, 0) is 40.2 Å². The molecule has 0 radical (unpaired) electrons. The van der Waals surface area contributed by atoms with Gasteiger partial charge < -0.3 is 4.90 Å². The second-order valence-corrected chi connectivity index (χ2v) is 7.54. The first-order chi connectivity index (χ1) is 10.2. The summed E-state index contributed by atoms with van der Waals surface area (Å²) < 4.78 is 1.17. The van der Waals surface area contributed by atoms with Crippen molar-refractivity contribution in [3.8, 4) is 0 Å². The minimum atomic E-state index is 0.0362. The molecular formula is C15H16BrN3OS. The van der Waals surface area contributed by atoms with Crippen molar-refractivity contribution in [2.75, 3.05) is 26.2 Å².